The zero-order chi connectivity index (χ0) is 18.4. The van der Waals surface area contributed by atoms with Crippen molar-refractivity contribution < 1.29 is 9.47 Å². The van der Waals surface area contributed by atoms with Crippen LogP contribution in [0.4, 0.5) is 0 Å². The lowest BCUT2D eigenvalue weighted by Gasteiger charge is -2.20. The molecule has 0 aliphatic carbocycles. The molecular formula is C22H25NO2S. The van der Waals surface area contributed by atoms with Crippen LogP contribution in [-0.2, 0) is 0 Å². The Morgan fingerprint density at radius 3 is 2.38 bits per heavy atom. The zero-order valence-electron chi connectivity index (χ0n) is 15.5. The highest BCUT2D eigenvalue weighted by atomic mass is 32.1. The number of nitrogens with zero attached hydrogens (tertiary/aromatic N) is 1. The summed E-state index contributed by atoms with van der Waals surface area (Å²) in [6.07, 6.45) is 0. The number of likely N-dealkylation sites (N-methyl/N-ethyl adjacent to an activating group) is 1. The second-order valence-corrected chi connectivity index (χ2v) is 7.39. The van der Waals surface area contributed by atoms with Crippen molar-refractivity contribution in [2.45, 2.75) is 5.92 Å². The fourth-order valence-corrected chi connectivity index (χ4v) is 3.83. The molecule has 0 fully saturated rings. The molecule has 26 heavy (non-hydrogen) atoms. The van der Waals surface area contributed by atoms with Crippen molar-refractivity contribution in [1.29, 1.82) is 0 Å². The van der Waals surface area contributed by atoms with Gasteiger partial charge in [0.05, 0.1) is 7.11 Å². The minimum atomic E-state index is 0.155. The molecule has 3 aromatic rings. The first-order valence-corrected chi connectivity index (χ1v) is 9.61. The van der Waals surface area contributed by atoms with Crippen LogP contribution >= 0.6 is 11.3 Å². The van der Waals surface area contributed by atoms with Crippen LogP contribution in [0.3, 0.4) is 0 Å². The molecule has 0 N–H and O–H groups in total. The molecule has 136 valence electrons. The van der Waals surface area contributed by atoms with Gasteiger partial charge in [0.1, 0.15) is 18.1 Å². The number of para-hydroxylation sites is 1. The normalized spacial score (nSPS) is 12.2. The summed E-state index contributed by atoms with van der Waals surface area (Å²) in [5.41, 5.74) is 2.41. The number of rotatable bonds is 8. The summed E-state index contributed by atoms with van der Waals surface area (Å²) in [4.78, 5) is 3.42. The lowest BCUT2D eigenvalue weighted by atomic mass is 9.89. The molecule has 1 atom stereocenters. The van der Waals surface area contributed by atoms with Crippen molar-refractivity contribution in [3.8, 4) is 11.5 Å². The Morgan fingerprint density at radius 1 is 0.962 bits per heavy atom. The van der Waals surface area contributed by atoms with Crippen molar-refractivity contribution in [2.24, 2.45) is 0 Å². The summed E-state index contributed by atoms with van der Waals surface area (Å²) < 4.78 is 11.4. The molecule has 3 rings (SSSR count). The van der Waals surface area contributed by atoms with Crippen LogP contribution in [0.1, 0.15) is 21.9 Å². The largest absolute Gasteiger partial charge is 0.496 e. The van der Waals surface area contributed by atoms with E-state index in [9.17, 15) is 0 Å². The molecule has 1 aromatic heterocycles. The van der Waals surface area contributed by atoms with Crippen LogP contribution in [-0.4, -0.2) is 39.3 Å². The molecule has 0 aliphatic heterocycles. The number of hydrogen-bond donors (Lipinski definition) is 0. The molecule has 0 radical (unpaired) electrons. The van der Waals surface area contributed by atoms with E-state index >= 15 is 0 Å². The maximum absolute atomic E-state index is 5.83. The van der Waals surface area contributed by atoms with E-state index in [1.165, 1.54) is 16.0 Å². The number of hydrogen-bond acceptors (Lipinski definition) is 4. The fraction of sp³-hybridized carbons (Fsp3) is 0.273. The van der Waals surface area contributed by atoms with E-state index in [1.54, 1.807) is 18.4 Å². The Hall–Kier alpha value is -2.30. The van der Waals surface area contributed by atoms with E-state index < -0.39 is 0 Å². The van der Waals surface area contributed by atoms with Gasteiger partial charge in [0.15, 0.2) is 0 Å². The second kappa shape index (κ2) is 8.88. The van der Waals surface area contributed by atoms with Gasteiger partial charge >= 0.3 is 0 Å². The third kappa shape index (κ3) is 4.45. The molecule has 0 spiro atoms. The lowest BCUT2D eigenvalue weighted by molar-refractivity contribution is 0.261. The molecule has 2 aromatic carbocycles. The van der Waals surface area contributed by atoms with Gasteiger partial charge < -0.3 is 14.4 Å². The predicted octanol–water partition coefficient (Wildman–Crippen LogP) is 4.88. The molecule has 0 saturated carbocycles. The maximum Gasteiger partial charge on any atom is 0.123 e. The highest BCUT2D eigenvalue weighted by Gasteiger charge is 2.21. The molecular weight excluding hydrogens is 342 g/mol. The SMILES string of the molecule is COc1ccccc1C(c1ccc(OCCN(C)C)cc1)c1cccs1. The van der Waals surface area contributed by atoms with Gasteiger partial charge in [-0.15, -0.1) is 11.3 Å². The Morgan fingerprint density at radius 2 is 1.73 bits per heavy atom. The van der Waals surface area contributed by atoms with Gasteiger partial charge in [-0.3, -0.25) is 0 Å². The summed E-state index contributed by atoms with van der Waals surface area (Å²) in [7, 11) is 5.82. The average Bonchev–Trinajstić information content (AvgIpc) is 3.18. The zero-order valence-corrected chi connectivity index (χ0v) is 16.3. The summed E-state index contributed by atoms with van der Waals surface area (Å²) in [6, 6.07) is 20.9. The molecule has 0 aliphatic rings. The number of benzene rings is 2. The predicted molar refractivity (Wildman–Crippen MR) is 109 cm³/mol. The third-order valence-electron chi connectivity index (χ3n) is 4.30. The van der Waals surface area contributed by atoms with Crippen molar-refractivity contribution in [2.75, 3.05) is 34.4 Å². The summed E-state index contributed by atoms with van der Waals surface area (Å²) in [5.74, 6) is 1.97. The number of methoxy groups -OCH3 is 1. The third-order valence-corrected chi connectivity index (χ3v) is 5.24. The Kier molecular flexibility index (Phi) is 6.31. The van der Waals surface area contributed by atoms with Gasteiger partial charge in [-0.05, 0) is 49.3 Å². The first kappa shape index (κ1) is 18.5. The van der Waals surface area contributed by atoms with E-state index in [4.69, 9.17) is 9.47 Å². The molecule has 3 nitrogen and oxygen atoms in total. The van der Waals surface area contributed by atoms with Gasteiger partial charge in [-0.1, -0.05) is 36.4 Å². The lowest BCUT2D eigenvalue weighted by Crippen LogP contribution is -2.19. The van der Waals surface area contributed by atoms with Crippen LogP contribution in [0.5, 0.6) is 11.5 Å². The quantitative estimate of drug-likeness (QED) is 0.566. The smallest absolute Gasteiger partial charge is 0.123 e. The summed E-state index contributed by atoms with van der Waals surface area (Å²) in [5, 5.41) is 2.12. The van der Waals surface area contributed by atoms with Gasteiger partial charge in [0, 0.05) is 22.9 Å². The average molecular weight is 368 g/mol. The van der Waals surface area contributed by atoms with Gasteiger partial charge in [-0.2, -0.15) is 0 Å². The van der Waals surface area contributed by atoms with E-state index in [0.717, 1.165) is 18.0 Å². The van der Waals surface area contributed by atoms with Gasteiger partial charge in [0.25, 0.3) is 0 Å². The van der Waals surface area contributed by atoms with Crippen LogP contribution in [0.2, 0.25) is 0 Å². The van der Waals surface area contributed by atoms with Crippen LogP contribution in [0, 0.1) is 0 Å². The highest BCUT2D eigenvalue weighted by Crippen LogP contribution is 2.39. The molecule has 1 unspecified atom stereocenters. The standard InChI is InChI=1S/C22H25NO2S/c1-23(2)14-15-25-18-12-10-17(11-13-18)22(21-9-6-16-26-21)19-7-4-5-8-20(19)24-3/h4-13,16,22H,14-15H2,1-3H3. The van der Waals surface area contributed by atoms with Crippen LogP contribution in [0.15, 0.2) is 66.0 Å². The Labute approximate surface area is 159 Å². The van der Waals surface area contributed by atoms with E-state index in [2.05, 4.69) is 58.8 Å². The monoisotopic (exact) mass is 367 g/mol. The number of thiophene rings is 1. The van der Waals surface area contributed by atoms with Crippen molar-refractivity contribution in [3.63, 3.8) is 0 Å². The summed E-state index contributed by atoms with van der Waals surface area (Å²) in [6.45, 7) is 1.59. The molecule has 0 amide bonds. The summed E-state index contributed by atoms with van der Waals surface area (Å²) >= 11 is 1.77. The van der Waals surface area contributed by atoms with Gasteiger partial charge in [0.2, 0.25) is 0 Å². The van der Waals surface area contributed by atoms with Crippen LogP contribution in [0.25, 0.3) is 0 Å². The highest BCUT2D eigenvalue weighted by molar-refractivity contribution is 7.10. The Bertz CT molecular complexity index is 797. The molecule has 0 saturated heterocycles. The van der Waals surface area contributed by atoms with E-state index in [0.29, 0.717) is 6.61 Å². The topological polar surface area (TPSA) is 21.7 Å². The van der Waals surface area contributed by atoms with E-state index in [-0.39, 0.29) is 5.92 Å². The Balaban J connectivity index is 1.88. The fourth-order valence-electron chi connectivity index (χ4n) is 2.96. The maximum atomic E-state index is 5.83. The van der Waals surface area contributed by atoms with Gasteiger partial charge in [-0.25, -0.2) is 0 Å². The minimum absolute atomic E-state index is 0.155. The first-order valence-electron chi connectivity index (χ1n) is 8.73. The molecule has 1 heterocycles. The van der Waals surface area contributed by atoms with Crippen LogP contribution < -0.4 is 9.47 Å². The van der Waals surface area contributed by atoms with E-state index in [1.807, 2.05) is 26.2 Å². The van der Waals surface area contributed by atoms with Crippen molar-refractivity contribution in [1.82, 2.24) is 4.90 Å². The van der Waals surface area contributed by atoms with Crippen molar-refractivity contribution >= 4 is 11.3 Å². The second-order valence-electron chi connectivity index (χ2n) is 6.41. The minimum Gasteiger partial charge on any atom is -0.496 e. The first-order chi connectivity index (χ1) is 12.7. The molecule has 4 heteroatoms. The van der Waals surface area contributed by atoms with Crippen molar-refractivity contribution in [3.05, 3.63) is 82.0 Å². The number of ether oxygens (including phenoxy) is 2. The molecule has 0 bridgehead atoms.